The maximum atomic E-state index is 3.80. The van der Waals surface area contributed by atoms with Crippen molar-refractivity contribution in [2.45, 2.75) is 6.92 Å². The Hall–Kier alpha value is -3.84. The van der Waals surface area contributed by atoms with Crippen LogP contribution in [0.2, 0.25) is 0 Å². The topological polar surface area (TPSA) is 12.0 Å². The molecular weight excluding hydrogens is 362 g/mol. The van der Waals surface area contributed by atoms with E-state index in [4.69, 9.17) is 0 Å². The zero-order chi connectivity index (χ0) is 20.3. The van der Waals surface area contributed by atoms with Gasteiger partial charge in [-0.3, -0.25) is 0 Å². The minimum atomic E-state index is 1.11. The summed E-state index contributed by atoms with van der Waals surface area (Å²) in [6.45, 7) is 2.14. The van der Waals surface area contributed by atoms with E-state index in [0.29, 0.717) is 0 Å². The first-order valence-corrected chi connectivity index (χ1v) is 10.3. The molecule has 5 rings (SSSR count). The molecule has 0 amide bonds. The largest absolute Gasteiger partial charge is 0.354 e. The second-order valence-electron chi connectivity index (χ2n) is 7.62. The Morgan fingerprint density at radius 1 is 0.533 bits per heavy atom. The molecule has 5 aromatic carbocycles. The SMILES string of the molecule is Cc1cccc(-c2ccccc2Nc2c(-c3ccccc3)ccc3ccccc23)c1. The van der Waals surface area contributed by atoms with Gasteiger partial charge in [0.2, 0.25) is 0 Å². The lowest BCUT2D eigenvalue weighted by Crippen LogP contribution is -1.97. The van der Waals surface area contributed by atoms with Gasteiger partial charge in [-0.05, 0) is 29.5 Å². The van der Waals surface area contributed by atoms with Gasteiger partial charge in [-0.1, -0.05) is 115 Å². The molecule has 0 aliphatic carbocycles. The third-order valence-electron chi connectivity index (χ3n) is 5.53. The first kappa shape index (κ1) is 18.2. The van der Waals surface area contributed by atoms with E-state index in [1.54, 1.807) is 0 Å². The van der Waals surface area contributed by atoms with Gasteiger partial charge in [0, 0.05) is 22.2 Å². The predicted octanol–water partition coefficient (Wildman–Crippen LogP) is 8.23. The number of hydrogen-bond acceptors (Lipinski definition) is 1. The molecule has 5 aromatic rings. The molecular formula is C29H23N. The van der Waals surface area contributed by atoms with E-state index in [9.17, 15) is 0 Å². The molecule has 0 aromatic heterocycles. The summed E-state index contributed by atoms with van der Waals surface area (Å²) in [6, 6.07) is 40.8. The van der Waals surface area contributed by atoms with Crippen molar-refractivity contribution in [3.05, 3.63) is 121 Å². The highest BCUT2D eigenvalue weighted by atomic mass is 14.9. The molecule has 0 bridgehead atoms. The first-order valence-electron chi connectivity index (χ1n) is 10.3. The van der Waals surface area contributed by atoms with Crippen molar-refractivity contribution >= 4 is 22.1 Å². The molecule has 1 nitrogen and oxygen atoms in total. The summed E-state index contributed by atoms with van der Waals surface area (Å²) in [5.74, 6) is 0. The van der Waals surface area contributed by atoms with E-state index in [1.165, 1.54) is 38.6 Å². The fraction of sp³-hybridized carbons (Fsp3) is 0.0345. The normalized spacial score (nSPS) is 10.8. The molecule has 0 heterocycles. The lowest BCUT2D eigenvalue weighted by molar-refractivity contribution is 1.46. The van der Waals surface area contributed by atoms with Crippen molar-refractivity contribution in [1.29, 1.82) is 0 Å². The zero-order valence-electron chi connectivity index (χ0n) is 17.0. The van der Waals surface area contributed by atoms with E-state index >= 15 is 0 Å². The molecule has 0 saturated heterocycles. The van der Waals surface area contributed by atoms with E-state index in [2.05, 4.69) is 128 Å². The Morgan fingerprint density at radius 2 is 1.27 bits per heavy atom. The Labute approximate surface area is 177 Å². The molecule has 1 heteroatoms. The van der Waals surface area contributed by atoms with Gasteiger partial charge in [0.15, 0.2) is 0 Å². The number of anilines is 2. The zero-order valence-corrected chi connectivity index (χ0v) is 17.0. The fourth-order valence-electron chi connectivity index (χ4n) is 4.06. The molecule has 0 saturated carbocycles. The van der Waals surface area contributed by atoms with Crippen LogP contribution in [0.3, 0.4) is 0 Å². The maximum Gasteiger partial charge on any atom is 0.0543 e. The van der Waals surface area contributed by atoms with Gasteiger partial charge in [0.05, 0.1) is 5.69 Å². The molecule has 0 aliphatic rings. The number of hydrogen-bond donors (Lipinski definition) is 1. The molecule has 1 N–H and O–H groups in total. The van der Waals surface area contributed by atoms with Gasteiger partial charge in [-0.2, -0.15) is 0 Å². The highest BCUT2D eigenvalue weighted by Gasteiger charge is 2.12. The number of nitrogens with one attached hydrogen (secondary N) is 1. The molecule has 144 valence electrons. The van der Waals surface area contributed by atoms with Crippen molar-refractivity contribution < 1.29 is 0 Å². The van der Waals surface area contributed by atoms with Crippen molar-refractivity contribution in [3.63, 3.8) is 0 Å². The number of para-hydroxylation sites is 1. The van der Waals surface area contributed by atoms with Crippen LogP contribution in [-0.2, 0) is 0 Å². The van der Waals surface area contributed by atoms with Crippen molar-refractivity contribution in [2.75, 3.05) is 5.32 Å². The average molecular weight is 386 g/mol. The van der Waals surface area contributed by atoms with Crippen LogP contribution in [0.4, 0.5) is 11.4 Å². The van der Waals surface area contributed by atoms with Crippen molar-refractivity contribution in [3.8, 4) is 22.3 Å². The fourth-order valence-corrected chi connectivity index (χ4v) is 4.06. The highest BCUT2D eigenvalue weighted by Crippen LogP contribution is 2.39. The van der Waals surface area contributed by atoms with E-state index < -0.39 is 0 Å². The number of rotatable bonds is 4. The van der Waals surface area contributed by atoms with Crippen LogP contribution >= 0.6 is 0 Å². The van der Waals surface area contributed by atoms with Gasteiger partial charge in [0.25, 0.3) is 0 Å². The van der Waals surface area contributed by atoms with Gasteiger partial charge in [-0.25, -0.2) is 0 Å². The Morgan fingerprint density at radius 3 is 2.13 bits per heavy atom. The Bertz CT molecular complexity index is 1320. The van der Waals surface area contributed by atoms with Crippen LogP contribution in [0.15, 0.2) is 115 Å². The molecule has 0 radical (unpaired) electrons. The van der Waals surface area contributed by atoms with Crippen LogP contribution in [0.25, 0.3) is 33.0 Å². The monoisotopic (exact) mass is 385 g/mol. The summed E-state index contributed by atoms with van der Waals surface area (Å²) in [7, 11) is 0. The van der Waals surface area contributed by atoms with E-state index in [0.717, 1.165) is 11.4 Å². The van der Waals surface area contributed by atoms with Crippen molar-refractivity contribution in [1.82, 2.24) is 0 Å². The standard InChI is InChI=1S/C29H23N/c1-21-10-9-14-24(20-21)25-15-7-8-17-28(25)30-29-26-16-6-5-13-23(26)18-19-27(29)22-11-3-2-4-12-22/h2-20,30H,1H3. The summed E-state index contributed by atoms with van der Waals surface area (Å²) in [5.41, 5.74) is 8.34. The molecule has 0 spiro atoms. The van der Waals surface area contributed by atoms with E-state index in [1.807, 2.05) is 0 Å². The van der Waals surface area contributed by atoms with Crippen molar-refractivity contribution in [2.24, 2.45) is 0 Å². The van der Waals surface area contributed by atoms with Gasteiger partial charge in [-0.15, -0.1) is 0 Å². The maximum absolute atomic E-state index is 3.80. The summed E-state index contributed by atoms with van der Waals surface area (Å²) < 4.78 is 0. The Kier molecular flexibility index (Phi) is 4.78. The molecule has 0 aliphatic heterocycles. The smallest absolute Gasteiger partial charge is 0.0543 e. The van der Waals surface area contributed by atoms with Gasteiger partial charge >= 0.3 is 0 Å². The van der Waals surface area contributed by atoms with Crippen LogP contribution in [0, 0.1) is 6.92 Å². The summed E-state index contributed by atoms with van der Waals surface area (Å²) in [4.78, 5) is 0. The number of benzene rings is 5. The van der Waals surface area contributed by atoms with Crippen LogP contribution in [0.5, 0.6) is 0 Å². The predicted molar refractivity (Wildman–Crippen MR) is 129 cm³/mol. The summed E-state index contributed by atoms with van der Waals surface area (Å²) >= 11 is 0. The van der Waals surface area contributed by atoms with Crippen LogP contribution in [0.1, 0.15) is 5.56 Å². The number of fused-ring (bicyclic) bond motifs is 1. The molecule has 0 fully saturated rings. The highest BCUT2D eigenvalue weighted by molar-refractivity contribution is 6.04. The van der Waals surface area contributed by atoms with Gasteiger partial charge < -0.3 is 5.32 Å². The average Bonchev–Trinajstić information content (AvgIpc) is 2.80. The Balaban J connectivity index is 1.70. The minimum Gasteiger partial charge on any atom is -0.354 e. The summed E-state index contributed by atoms with van der Waals surface area (Å²) in [5, 5.41) is 6.25. The molecule has 0 unspecified atom stereocenters. The van der Waals surface area contributed by atoms with Crippen LogP contribution < -0.4 is 5.32 Å². The van der Waals surface area contributed by atoms with E-state index in [-0.39, 0.29) is 0 Å². The van der Waals surface area contributed by atoms with Gasteiger partial charge in [0.1, 0.15) is 0 Å². The second kappa shape index (κ2) is 7.88. The second-order valence-corrected chi connectivity index (χ2v) is 7.62. The quantitative estimate of drug-likeness (QED) is 0.328. The lowest BCUT2D eigenvalue weighted by atomic mass is 9.97. The molecule has 30 heavy (non-hydrogen) atoms. The third-order valence-corrected chi connectivity index (χ3v) is 5.53. The first-order chi connectivity index (χ1) is 14.8. The lowest BCUT2D eigenvalue weighted by Gasteiger charge is -2.18. The minimum absolute atomic E-state index is 1.11. The van der Waals surface area contributed by atoms with Crippen LogP contribution in [-0.4, -0.2) is 0 Å². The molecule has 0 atom stereocenters. The third kappa shape index (κ3) is 3.46. The summed E-state index contributed by atoms with van der Waals surface area (Å²) in [6.07, 6.45) is 0. The number of aryl methyl sites for hydroxylation is 1.